The van der Waals surface area contributed by atoms with Crippen molar-refractivity contribution < 1.29 is 9.53 Å². The molecule has 0 fully saturated rings. The van der Waals surface area contributed by atoms with Crippen molar-refractivity contribution in [3.8, 4) is 17.0 Å². The summed E-state index contributed by atoms with van der Waals surface area (Å²) in [6.07, 6.45) is 1.54. The summed E-state index contributed by atoms with van der Waals surface area (Å²) in [6.45, 7) is 5.32. The molecule has 2 heterocycles. The van der Waals surface area contributed by atoms with E-state index in [1.54, 1.807) is 0 Å². The van der Waals surface area contributed by atoms with Gasteiger partial charge in [-0.3, -0.25) is 4.79 Å². The number of rotatable bonds is 11. The molecule has 0 aliphatic rings. The Kier molecular flexibility index (Phi) is 9.41. The first-order valence-corrected chi connectivity index (χ1v) is 14.4. The van der Waals surface area contributed by atoms with E-state index in [0.717, 1.165) is 57.4 Å². The van der Waals surface area contributed by atoms with Crippen LogP contribution in [0.1, 0.15) is 24.7 Å². The maximum Gasteiger partial charge on any atom is 0.236 e. The Labute approximate surface area is 231 Å². The Bertz CT molecular complexity index is 1330. The molecule has 4 aromatic rings. The number of carbonyl (C=O) groups is 1. The quantitative estimate of drug-likeness (QED) is 0.148. The minimum Gasteiger partial charge on any atom is -0.493 e. The highest BCUT2D eigenvalue weighted by atomic mass is 79.9. The van der Waals surface area contributed by atoms with Gasteiger partial charge in [0.1, 0.15) is 11.6 Å². The minimum atomic E-state index is -0.129. The normalized spacial score (nSPS) is 11.0. The lowest BCUT2D eigenvalue weighted by Gasteiger charge is -2.10. The first-order chi connectivity index (χ1) is 17.4. The van der Waals surface area contributed by atoms with Crippen molar-refractivity contribution in [1.82, 2.24) is 19.7 Å². The number of halogens is 2. The van der Waals surface area contributed by atoms with Crippen LogP contribution < -0.4 is 10.1 Å². The molecule has 0 bridgehead atoms. The molecule has 0 aliphatic heterocycles. The number of thioether (sulfide) groups is 1. The third-order valence-electron chi connectivity index (χ3n) is 5.27. The van der Waals surface area contributed by atoms with E-state index in [2.05, 4.69) is 36.4 Å². The maximum atomic E-state index is 12.5. The van der Waals surface area contributed by atoms with Gasteiger partial charge in [0.25, 0.3) is 0 Å². The van der Waals surface area contributed by atoms with Crippen LogP contribution in [0, 0.1) is 6.92 Å². The van der Waals surface area contributed by atoms with Gasteiger partial charge in [-0.25, -0.2) is 4.98 Å². The molecule has 0 saturated carbocycles. The first-order valence-electron chi connectivity index (χ1n) is 11.4. The molecule has 2 aromatic carbocycles. The predicted molar refractivity (Wildman–Crippen MR) is 150 cm³/mol. The van der Waals surface area contributed by atoms with E-state index in [1.807, 2.05) is 66.3 Å². The number of benzene rings is 2. The van der Waals surface area contributed by atoms with Crippen LogP contribution in [0.15, 0.2) is 57.5 Å². The number of hydrogen-bond acceptors (Lipinski definition) is 7. The number of aromatic nitrogens is 4. The van der Waals surface area contributed by atoms with E-state index in [4.69, 9.17) is 16.3 Å². The maximum absolute atomic E-state index is 12.5. The molecular formula is C25H25BrClN5O2S2. The minimum absolute atomic E-state index is 0.129. The molecule has 0 spiro atoms. The van der Waals surface area contributed by atoms with Crippen LogP contribution in [0.2, 0.25) is 5.02 Å². The number of anilines is 1. The van der Waals surface area contributed by atoms with Crippen molar-refractivity contribution in [3.63, 3.8) is 0 Å². The van der Waals surface area contributed by atoms with Crippen molar-refractivity contribution in [2.45, 2.75) is 38.4 Å². The van der Waals surface area contributed by atoms with Crippen molar-refractivity contribution in [1.29, 1.82) is 0 Å². The third kappa shape index (κ3) is 7.09. The summed E-state index contributed by atoms with van der Waals surface area (Å²) in [5.41, 5.74) is 2.85. The third-order valence-corrected chi connectivity index (χ3v) is 7.76. The zero-order valence-corrected chi connectivity index (χ0v) is 23.8. The topological polar surface area (TPSA) is 81.9 Å². The van der Waals surface area contributed by atoms with E-state index in [1.165, 1.54) is 23.1 Å². The molecule has 36 heavy (non-hydrogen) atoms. The molecule has 2 aromatic heterocycles. The second-order valence-electron chi connectivity index (χ2n) is 7.89. The van der Waals surface area contributed by atoms with Gasteiger partial charge in [0, 0.05) is 33.4 Å². The predicted octanol–water partition coefficient (Wildman–Crippen LogP) is 6.89. The molecule has 7 nitrogen and oxygen atoms in total. The average Bonchev–Trinajstić information content (AvgIpc) is 3.48. The van der Waals surface area contributed by atoms with Gasteiger partial charge < -0.3 is 14.6 Å². The molecule has 1 amide bonds. The molecule has 0 atom stereocenters. The first kappa shape index (κ1) is 26.7. The van der Waals surface area contributed by atoms with Crippen LogP contribution in [-0.2, 0) is 17.8 Å². The largest absolute Gasteiger partial charge is 0.493 e. The second kappa shape index (κ2) is 12.7. The van der Waals surface area contributed by atoms with Gasteiger partial charge in [0.15, 0.2) is 10.3 Å². The van der Waals surface area contributed by atoms with E-state index in [-0.39, 0.29) is 11.7 Å². The van der Waals surface area contributed by atoms with Crippen molar-refractivity contribution in [2.75, 3.05) is 17.7 Å². The standard InChI is InChI=1S/C25H25BrClN5O2S2/c1-3-32-22(5-4-12-34-21-11-10-19(27)13-16(21)2)30-31-25(32)36-15-23(33)29-24-28-20(14-35-24)17-6-8-18(26)9-7-17/h6-11,13-14H,3-5,12,15H2,1-2H3,(H,28,29,33). The monoisotopic (exact) mass is 605 g/mol. The summed E-state index contributed by atoms with van der Waals surface area (Å²) in [7, 11) is 0. The van der Waals surface area contributed by atoms with E-state index < -0.39 is 0 Å². The Hall–Kier alpha value is -2.40. The lowest BCUT2D eigenvalue weighted by atomic mass is 10.2. The van der Waals surface area contributed by atoms with Crippen LogP contribution >= 0.6 is 50.6 Å². The number of amides is 1. The van der Waals surface area contributed by atoms with E-state index in [9.17, 15) is 4.79 Å². The molecule has 1 N–H and O–H groups in total. The molecule has 0 aliphatic carbocycles. The highest BCUT2D eigenvalue weighted by molar-refractivity contribution is 9.10. The molecule has 0 saturated heterocycles. The van der Waals surface area contributed by atoms with Gasteiger partial charge >= 0.3 is 0 Å². The summed E-state index contributed by atoms with van der Waals surface area (Å²) in [6, 6.07) is 13.5. The fourth-order valence-corrected chi connectivity index (χ4v) is 5.53. The van der Waals surface area contributed by atoms with Gasteiger partial charge in [0.05, 0.1) is 18.1 Å². The molecular weight excluding hydrogens is 582 g/mol. The van der Waals surface area contributed by atoms with Crippen LogP contribution in [0.3, 0.4) is 0 Å². The number of hydrogen-bond donors (Lipinski definition) is 1. The second-order valence-corrected chi connectivity index (χ2v) is 11.0. The number of ether oxygens (including phenoxy) is 1. The summed E-state index contributed by atoms with van der Waals surface area (Å²) < 4.78 is 8.94. The van der Waals surface area contributed by atoms with Crippen molar-refractivity contribution in [2.24, 2.45) is 0 Å². The van der Waals surface area contributed by atoms with Crippen LogP contribution in [0.4, 0.5) is 5.13 Å². The Morgan fingerprint density at radius 2 is 2.03 bits per heavy atom. The lowest BCUT2D eigenvalue weighted by molar-refractivity contribution is -0.113. The number of nitrogens with one attached hydrogen (secondary N) is 1. The van der Waals surface area contributed by atoms with Gasteiger partial charge in [-0.2, -0.15) is 0 Å². The van der Waals surface area contributed by atoms with Crippen LogP contribution in [0.25, 0.3) is 11.3 Å². The molecule has 188 valence electrons. The summed E-state index contributed by atoms with van der Waals surface area (Å²) in [4.78, 5) is 17.0. The summed E-state index contributed by atoms with van der Waals surface area (Å²) in [5, 5.41) is 15.5. The zero-order chi connectivity index (χ0) is 25.5. The Morgan fingerprint density at radius 3 is 2.78 bits per heavy atom. The summed E-state index contributed by atoms with van der Waals surface area (Å²) in [5.74, 6) is 1.82. The fourth-order valence-electron chi connectivity index (χ4n) is 3.49. The summed E-state index contributed by atoms with van der Waals surface area (Å²) >= 11 is 12.2. The number of carbonyl (C=O) groups excluding carboxylic acids is 1. The van der Waals surface area contributed by atoms with E-state index >= 15 is 0 Å². The average molecular weight is 607 g/mol. The van der Waals surface area contributed by atoms with Crippen molar-refractivity contribution >= 4 is 61.7 Å². The Balaban J connectivity index is 1.26. The van der Waals surface area contributed by atoms with Gasteiger partial charge in [-0.15, -0.1) is 21.5 Å². The van der Waals surface area contributed by atoms with Gasteiger partial charge in [0.2, 0.25) is 5.91 Å². The molecule has 11 heteroatoms. The molecule has 0 unspecified atom stereocenters. The van der Waals surface area contributed by atoms with Crippen LogP contribution in [0.5, 0.6) is 5.75 Å². The smallest absolute Gasteiger partial charge is 0.236 e. The number of nitrogens with zero attached hydrogens (tertiary/aromatic N) is 4. The molecule has 0 radical (unpaired) electrons. The SMILES string of the molecule is CCn1c(CCCOc2ccc(Cl)cc2C)nnc1SCC(=O)Nc1nc(-c2ccc(Br)cc2)cs1. The van der Waals surface area contributed by atoms with Gasteiger partial charge in [-0.1, -0.05) is 51.4 Å². The fraction of sp³-hybridized carbons (Fsp3) is 0.280. The highest BCUT2D eigenvalue weighted by Crippen LogP contribution is 2.27. The van der Waals surface area contributed by atoms with Crippen molar-refractivity contribution in [3.05, 3.63) is 68.7 Å². The van der Waals surface area contributed by atoms with Crippen LogP contribution in [-0.4, -0.2) is 38.0 Å². The Morgan fingerprint density at radius 1 is 1.22 bits per heavy atom. The van der Waals surface area contributed by atoms with E-state index in [0.29, 0.717) is 16.8 Å². The zero-order valence-electron chi connectivity index (χ0n) is 19.8. The van der Waals surface area contributed by atoms with Gasteiger partial charge in [-0.05, 0) is 56.2 Å². The number of thiazole rings is 1. The highest BCUT2D eigenvalue weighted by Gasteiger charge is 2.14. The number of aryl methyl sites for hydroxylation is 2. The lowest BCUT2D eigenvalue weighted by Crippen LogP contribution is -2.14. The molecule has 4 rings (SSSR count).